The third-order valence-electron chi connectivity index (χ3n) is 8.39. The van der Waals surface area contributed by atoms with E-state index in [1.807, 2.05) is 34.6 Å². The molecule has 0 atom stereocenters. The number of nitriles is 1. The van der Waals surface area contributed by atoms with Crippen molar-refractivity contribution in [3.05, 3.63) is 103 Å². The standard InChI is InChI=1S/C32H31BF4N3/c1-9-23-10-11-24(26(14-23)32(34,35)36)28-20(6)31-29(27-17(3)12-16(2)13-18(27)4)30-19(5)25(15-38)21(7)39(30)33(37)40(31)22(28)8/h10-14H,9H2,1-8H3/q+1. The Morgan fingerprint density at radius 3 is 2.12 bits per heavy atom. The molecule has 0 fully saturated rings. The van der Waals surface area contributed by atoms with E-state index in [9.17, 15) is 18.4 Å². The molecule has 5 rings (SSSR count). The van der Waals surface area contributed by atoms with E-state index in [-0.39, 0.29) is 5.56 Å². The molecule has 0 N–H and O–H groups in total. The quantitative estimate of drug-likeness (QED) is 0.243. The van der Waals surface area contributed by atoms with Crippen molar-refractivity contribution in [1.29, 1.82) is 5.26 Å². The number of alkyl halides is 3. The zero-order valence-corrected chi connectivity index (χ0v) is 24.0. The van der Waals surface area contributed by atoms with Gasteiger partial charge < -0.3 is 0 Å². The van der Waals surface area contributed by atoms with Gasteiger partial charge in [0.2, 0.25) is 0 Å². The zero-order chi connectivity index (χ0) is 29.4. The minimum Gasteiger partial charge on any atom is -0.288 e. The van der Waals surface area contributed by atoms with Crippen molar-refractivity contribution in [2.75, 3.05) is 0 Å². The Balaban J connectivity index is 1.97. The van der Waals surface area contributed by atoms with Crippen LogP contribution >= 0.6 is 0 Å². The summed E-state index contributed by atoms with van der Waals surface area (Å²) in [5, 5.41) is 9.95. The highest BCUT2D eigenvalue weighted by Gasteiger charge is 2.55. The predicted octanol–water partition coefficient (Wildman–Crippen LogP) is 8.02. The van der Waals surface area contributed by atoms with Crippen LogP contribution in [0.2, 0.25) is 0 Å². The highest BCUT2D eigenvalue weighted by Crippen LogP contribution is 2.48. The lowest BCUT2D eigenvalue weighted by Crippen LogP contribution is -2.41. The summed E-state index contributed by atoms with van der Waals surface area (Å²) in [6, 6.07) is 10.8. The molecule has 3 nitrogen and oxygen atoms in total. The SMILES string of the molecule is CCc1ccc(C2=C(C)C3=C(c4c(C)cc(C)cc4C)c4c(C)c(C#N)c(C)n4B(F)[N+]3=C2C)c(C(F)(F)F)c1. The van der Waals surface area contributed by atoms with Gasteiger partial charge in [0, 0.05) is 23.8 Å². The third kappa shape index (κ3) is 3.82. The lowest BCUT2D eigenvalue weighted by Gasteiger charge is -2.24. The largest absolute Gasteiger partial charge is 0.846 e. The van der Waals surface area contributed by atoms with Crippen LogP contribution in [0.25, 0.3) is 11.1 Å². The van der Waals surface area contributed by atoms with Gasteiger partial charge >= 0.3 is 13.4 Å². The van der Waals surface area contributed by atoms with Crippen molar-refractivity contribution in [3.63, 3.8) is 0 Å². The summed E-state index contributed by atoms with van der Waals surface area (Å²) in [4.78, 5) is 0. The molecule has 0 bridgehead atoms. The molecule has 0 amide bonds. The van der Waals surface area contributed by atoms with Crippen LogP contribution in [-0.4, -0.2) is 21.9 Å². The molecular formula is C32H31BF4N3+. The van der Waals surface area contributed by atoms with E-state index in [4.69, 9.17) is 0 Å². The van der Waals surface area contributed by atoms with Gasteiger partial charge in [-0.1, -0.05) is 36.8 Å². The first-order valence-corrected chi connectivity index (χ1v) is 13.4. The number of hydrogen-bond acceptors (Lipinski definition) is 1. The first-order valence-electron chi connectivity index (χ1n) is 13.4. The Labute approximate surface area is 232 Å². The van der Waals surface area contributed by atoms with Gasteiger partial charge in [-0.15, -0.1) is 0 Å². The van der Waals surface area contributed by atoms with Gasteiger partial charge in [-0.05, 0) is 81.8 Å². The summed E-state index contributed by atoms with van der Waals surface area (Å²) in [7, 11) is -1.72. The fraction of sp³-hybridized carbons (Fsp3) is 0.312. The fourth-order valence-electron chi connectivity index (χ4n) is 6.73. The Morgan fingerprint density at radius 1 is 0.950 bits per heavy atom. The second kappa shape index (κ2) is 9.37. The van der Waals surface area contributed by atoms with E-state index < -0.39 is 19.0 Å². The number of rotatable bonds is 3. The third-order valence-corrected chi connectivity index (χ3v) is 8.39. The van der Waals surface area contributed by atoms with Crippen LogP contribution in [0.4, 0.5) is 17.5 Å². The number of allylic oxidation sites excluding steroid dienone is 2. The smallest absolute Gasteiger partial charge is 0.288 e. The van der Waals surface area contributed by atoms with Crippen molar-refractivity contribution in [2.45, 2.75) is 68.0 Å². The first kappa shape index (κ1) is 27.7. The molecular weight excluding hydrogens is 513 g/mol. The number of halogens is 4. The van der Waals surface area contributed by atoms with E-state index in [1.54, 1.807) is 26.8 Å². The highest BCUT2D eigenvalue weighted by molar-refractivity contribution is 6.46. The fourth-order valence-corrected chi connectivity index (χ4v) is 6.73. The highest BCUT2D eigenvalue weighted by atomic mass is 19.4. The lowest BCUT2D eigenvalue weighted by atomic mass is 9.83. The average Bonchev–Trinajstić information content (AvgIpc) is 3.28. The molecule has 3 aromatic rings. The maximum absolute atomic E-state index is 16.7. The van der Waals surface area contributed by atoms with E-state index in [0.717, 1.165) is 27.8 Å². The normalized spacial score (nSPS) is 15.2. The predicted molar refractivity (Wildman–Crippen MR) is 152 cm³/mol. The average molecular weight is 544 g/mol. The van der Waals surface area contributed by atoms with E-state index in [1.165, 1.54) is 21.1 Å². The molecule has 2 aromatic carbocycles. The number of hydrogen-bond donors (Lipinski definition) is 0. The molecule has 204 valence electrons. The van der Waals surface area contributed by atoms with Crippen LogP contribution in [0, 0.1) is 45.9 Å². The van der Waals surface area contributed by atoms with E-state index >= 15 is 4.32 Å². The Morgan fingerprint density at radius 2 is 1.57 bits per heavy atom. The second-order valence-electron chi connectivity index (χ2n) is 10.9. The molecule has 40 heavy (non-hydrogen) atoms. The molecule has 0 spiro atoms. The molecule has 8 heteroatoms. The maximum atomic E-state index is 16.7. The van der Waals surface area contributed by atoms with Gasteiger partial charge in [-0.25, -0.2) is 8.80 Å². The topological polar surface area (TPSA) is 31.7 Å². The number of benzene rings is 2. The van der Waals surface area contributed by atoms with Crippen LogP contribution in [0.15, 0.2) is 41.6 Å². The van der Waals surface area contributed by atoms with Crippen LogP contribution in [0.3, 0.4) is 0 Å². The summed E-state index contributed by atoms with van der Waals surface area (Å²) in [5.74, 6) is 0. The van der Waals surface area contributed by atoms with Gasteiger partial charge in [-0.3, -0.25) is 4.48 Å². The number of fused-ring (bicyclic) bond motifs is 2. The van der Waals surface area contributed by atoms with Crippen molar-refractivity contribution in [3.8, 4) is 6.07 Å². The summed E-state index contributed by atoms with van der Waals surface area (Å²) in [6.07, 6.45) is -4.10. The Hall–Kier alpha value is -3.86. The van der Waals surface area contributed by atoms with E-state index in [2.05, 4.69) is 18.2 Å². The number of aromatic nitrogens is 1. The molecule has 1 aromatic heterocycles. The lowest BCUT2D eigenvalue weighted by molar-refractivity contribution is -0.336. The Kier molecular flexibility index (Phi) is 6.49. The molecule has 0 aliphatic carbocycles. The van der Waals surface area contributed by atoms with E-state index in [0.29, 0.717) is 57.1 Å². The summed E-state index contributed by atoms with van der Waals surface area (Å²) in [6.45, 7) is 14.8. The van der Waals surface area contributed by atoms with Crippen molar-refractivity contribution in [2.24, 2.45) is 0 Å². The van der Waals surface area contributed by atoms with Gasteiger partial charge in [0.1, 0.15) is 6.07 Å². The monoisotopic (exact) mass is 544 g/mol. The molecule has 2 aliphatic rings. The van der Waals surface area contributed by atoms with Crippen molar-refractivity contribution in [1.82, 2.24) is 4.48 Å². The molecule has 0 saturated heterocycles. The van der Waals surface area contributed by atoms with Crippen LogP contribution < -0.4 is 0 Å². The number of aryl methyl sites for hydroxylation is 4. The molecule has 0 saturated carbocycles. The minimum atomic E-state index is -4.58. The first-order chi connectivity index (χ1) is 18.7. The van der Waals surface area contributed by atoms with Crippen molar-refractivity contribution < 1.29 is 22.0 Å². The molecule has 0 unspecified atom stereocenters. The summed E-state index contributed by atoms with van der Waals surface area (Å²) in [5.41, 5.74) is 8.62. The molecule has 0 radical (unpaired) electrons. The zero-order valence-electron chi connectivity index (χ0n) is 24.0. The second-order valence-corrected chi connectivity index (χ2v) is 10.9. The van der Waals surface area contributed by atoms with Gasteiger partial charge in [-0.2, -0.15) is 18.4 Å². The summed E-state index contributed by atoms with van der Waals surface area (Å²) < 4.78 is 62.9. The number of nitrogens with zero attached hydrogens (tertiary/aromatic N) is 3. The van der Waals surface area contributed by atoms with Gasteiger partial charge in [0.25, 0.3) is 0 Å². The van der Waals surface area contributed by atoms with Crippen molar-refractivity contribution >= 4 is 24.1 Å². The van der Waals surface area contributed by atoms with Crippen LogP contribution in [-0.2, 0) is 12.6 Å². The van der Waals surface area contributed by atoms with Gasteiger partial charge in [0.15, 0.2) is 11.4 Å². The van der Waals surface area contributed by atoms with Crippen LogP contribution in [0.1, 0.15) is 82.2 Å². The minimum absolute atomic E-state index is 0.0429. The maximum Gasteiger partial charge on any atom is 0.846 e. The van der Waals surface area contributed by atoms with Crippen LogP contribution in [0.5, 0.6) is 0 Å². The summed E-state index contributed by atoms with van der Waals surface area (Å²) >= 11 is 0. The molecule has 3 heterocycles. The molecule has 2 aliphatic heterocycles. The Bertz CT molecular complexity index is 1740. The van der Waals surface area contributed by atoms with Gasteiger partial charge in [0.05, 0.1) is 28.0 Å².